The third-order valence-electron chi connectivity index (χ3n) is 7.43. The highest BCUT2D eigenvalue weighted by atomic mass is 16.3. The number of fused-ring (bicyclic) bond motifs is 7. The standard InChI is InChI=1S/C35H23N3O/c1-3-12-24(13-4-1)37(26-16-11-21-36-23-26)31-22-29-27-17-7-9-19-30(27)38(25-14-5-2-6-15-25)34(29)33-28-18-8-10-20-32(28)39-35(31)33/h1-23H. The molecule has 0 unspecified atom stereocenters. The molecule has 0 bridgehead atoms. The zero-order valence-corrected chi connectivity index (χ0v) is 21.0. The summed E-state index contributed by atoms with van der Waals surface area (Å²) in [5, 5.41) is 4.57. The fourth-order valence-electron chi connectivity index (χ4n) is 5.82. The van der Waals surface area contributed by atoms with Crippen molar-refractivity contribution in [3.05, 3.63) is 140 Å². The molecule has 3 heterocycles. The zero-order chi connectivity index (χ0) is 25.8. The molecule has 0 aliphatic carbocycles. The minimum atomic E-state index is 0.844. The van der Waals surface area contributed by atoms with Crippen molar-refractivity contribution >= 4 is 60.8 Å². The van der Waals surface area contributed by atoms with Gasteiger partial charge in [0.25, 0.3) is 0 Å². The molecular formula is C35H23N3O. The molecule has 0 radical (unpaired) electrons. The van der Waals surface area contributed by atoms with Crippen molar-refractivity contribution in [2.75, 3.05) is 4.90 Å². The molecule has 8 rings (SSSR count). The van der Waals surface area contributed by atoms with Crippen molar-refractivity contribution in [1.29, 1.82) is 0 Å². The minimum absolute atomic E-state index is 0.844. The van der Waals surface area contributed by atoms with Crippen LogP contribution in [0.3, 0.4) is 0 Å². The van der Waals surface area contributed by atoms with Crippen LogP contribution in [-0.2, 0) is 0 Å². The first-order valence-corrected chi connectivity index (χ1v) is 13.1. The van der Waals surface area contributed by atoms with Crippen LogP contribution in [0.15, 0.2) is 144 Å². The monoisotopic (exact) mass is 501 g/mol. The maximum absolute atomic E-state index is 6.73. The molecule has 0 atom stereocenters. The molecule has 184 valence electrons. The number of anilines is 3. The topological polar surface area (TPSA) is 34.2 Å². The molecule has 0 spiro atoms. The minimum Gasteiger partial charge on any atom is -0.454 e. The number of furan rings is 1. The fraction of sp³-hybridized carbons (Fsp3) is 0. The first-order chi connectivity index (χ1) is 19.4. The Bertz CT molecular complexity index is 2070. The number of rotatable bonds is 4. The molecule has 8 aromatic rings. The summed E-state index contributed by atoms with van der Waals surface area (Å²) in [7, 11) is 0. The van der Waals surface area contributed by atoms with Gasteiger partial charge in [-0.15, -0.1) is 0 Å². The van der Waals surface area contributed by atoms with Crippen LogP contribution in [0.4, 0.5) is 17.1 Å². The molecule has 0 aliphatic heterocycles. The number of hydrogen-bond acceptors (Lipinski definition) is 3. The van der Waals surface area contributed by atoms with Crippen molar-refractivity contribution < 1.29 is 4.42 Å². The second kappa shape index (κ2) is 8.61. The Kier molecular flexibility index (Phi) is 4.79. The Morgan fingerprint density at radius 1 is 0.615 bits per heavy atom. The molecule has 4 heteroatoms. The quantitative estimate of drug-likeness (QED) is 0.241. The smallest absolute Gasteiger partial charge is 0.161 e. The van der Waals surface area contributed by atoms with Crippen LogP contribution < -0.4 is 4.90 Å². The van der Waals surface area contributed by atoms with Gasteiger partial charge in [0.05, 0.1) is 34.0 Å². The predicted octanol–water partition coefficient (Wildman–Crippen LogP) is 9.55. The number of pyridine rings is 1. The summed E-state index contributed by atoms with van der Waals surface area (Å²) in [4.78, 5) is 6.70. The van der Waals surface area contributed by atoms with Gasteiger partial charge in [0.1, 0.15) is 5.58 Å². The summed E-state index contributed by atoms with van der Waals surface area (Å²) in [5.41, 5.74) is 8.12. The first-order valence-electron chi connectivity index (χ1n) is 13.1. The van der Waals surface area contributed by atoms with E-state index >= 15 is 0 Å². The fourth-order valence-corrected chi connectivity index (χ4v) is 5.82. The maximum atomic E-state index is 6.73. The van der Waals surface area contributed by atoms with Crippen LogP contribution in [0.2, 0.25) is 0 Å². The summed E-state index contributed by atoms with van der Waals surface area (Å²) >= 11 is 0. The normalized spacial score (nSPS) is 11.6. The first kappa shape index (κ1) is 21.7. The molecule has 3 aromatic heterocycles. The van der Waals surface area contributed by atoms with E-state index in [-0.39, 0.29) is 0 Å². The molecule has 0 fully saturated rings. The predicted molar refractivity (Wildman–Crippen MR) is 161 cm³/mol. The van der Waals surface area contributed by atoms with Crippen LogP contribution in [0, 0.1) is 0 Å². The number of para-hydroxylation sites is 4. The molecule has 4 nitrogen and oxygen atoms in total. The third kappa shape index (κ3) is 3.28. The highest BCUT2D eigenvalue weighted by Crippen LogP contribution is 2.48. The highest BCUT2D eigenvalue weighted by molar-refractivity contribution is 6.27. The Morgan fingerprint density at radius 2 is 1.31 bits per heavy atom. The van der Waals surface area contributed by atoms with Gasteiger partial charge in [-0.25, -0.2) is 0 Å². The second-order valence-electron chi connectivity index (χ2n) is 9.66. The molecule has 0 saturated carbocycles. The molecule has 39 heavy (non-hydrogen) atoms. The Hall–Kier alpha value is -5.35. The summed E-state index contributed by atoms with van der Waals surface area (Å²) in [6.07, 6.45) is 3.71. The van der Waals surface area contributed by atoms with Crippen LogP contribution in [0.5, 0.6) is 0 Å². The van der Waals surface area contributed by atoms with Crippen LogP contribution >= 0.6 is 0 Å². The lowest BCUT2D eigenvalue weighted by molar-refractivity contribution is 0.669. The SMILES string of the molecule is c1ccc(N(c2cccnc2)c2cc3c4ccccc4n(-c4ccccc4)c3c3c2oc2ccccc23)cc1. The van der Waals surface area contributed by atoms with Crippen LogP contribution in [-0.4, -0.2) is 9.55 Å². The van der Waals surface area contributed by atoms with Gasteiger partial charge in [0.15, 0.2) is 5.58 Å². The second-order valence-corrected chi connectivity index (χ2v) is 9.66. The van der Waals surface area contributed by atoms with Gasteiger partial charge in [0.2, 0.25) is 0 Å². The van der Waals surface area contributed by atoms with Crippen LogP contribution in [0.1, 0.15) is 0 Å². The number of hydrogen-bond donors (Lipinski definition) is 0. The summed E-state index contributed by atoms with van der Waals surface area (Å²) in [6.45, 7) is 0. The van der Waals surface area contributed by atoms with E-state index < -0.39 is 0 Å². The third-order valence-corrected chi connectivity index (χ3v) is 7.43. The molecule has 5 aromatic carbocycles. The highest BCUT2D eigenvalue weighted by Gasteiger charge is 2.25. The average Bonchev–Trinajstić information content (AvgIpc) is 3.55. The molecule has 0 N–H and O–H groups in total. The Morgan fingerprint density at radius 3 is 2.10 bits per heavy atom. The van der Waals surface area contributed by atoms with Crippen molar-refractivity contribution in [1.82, 2.24) is 9.55 Å². The van der Waals surface area contributed by atoms with Gasteiger partial charge in [-0.2, -0.15) is 0 Å². The summed E-state index contributed by atoms with van der Waals surface area (Å²) < 4.78 is 9.10. The van der Waals surface area contributed by atoms with E-state index in [1.807, 2.05) is 24.4 Å². The van der Waals surface area contributed by atoms with E-state index in [0.29, 0.717) is 0 Å². The molecule has 0 amide bonds. The number of benzene rings is 5. The van der Waals surface area contributed by atoms with E-state index in [1.165, 1.54) is 10.8 Å². The van der Waals surface area contributed by atoms with Crippen LogP contribution in [0.25, 0.3) is 49.4 Å². The molecular weight excluding hydrogens is 478 g/mol. The maximum Gasteiger partial charge on any atom is 0.161 e. The summed E-state index contributed by atoms with van der Waals surface area (Å²) in [6, 6.07) is 44.3. The van der Waals surface area contributed by atoms with Gasteiger partial charge in [-0.05, 0) is 54.6 Å². The van der Waals surface area contributed by atoms with Gasteiger partial charge in [-0.1, -0.05) is 72.8 Å². The lowest BCUT2D eigenvalue weighted by Crippen LogP contribution is -2.10. The van der Waals surface area contributed by atoms with Crippen molar-refractivity contribution in [2.24, 2.45) is 0 Å². The van der Waals surface area contributed by atoms with Gasteiger partial charge < -0.3 is 13.9 Å². The zero-order valence-electron chi connectivity index (χ0n) is 21.0. The molecule has 0 aliphatic rings. The number of nitrogens with zero attached hydrogens (tertiary/aromatic N) is 3. The average molecular weight is 502 g/mol. The largest absolute Gasteiger partial charge is 0.454 e. The van der Waals surface area contributed by atoms with Gasteiger partial charge >= 0.3 is 0 Å². The Labute approximate surface area is 225 Å². The lowest BCUT2D eigenvalue weighted by Gasteiger charge is -2.25. The van der Waals surface area contributed by atoms with Gasteiger partial charge in [-0.3, -0.25) is 4.98 Å². The van der Waals surface area contributed by atoms with E-state index in [1.54, 1.807) is 6.20 Å². The van der Waals surface area contributed by atoms with Crippen molar-refractivity contribution in [3.63, 3.8) is 0 Å². The number of aromatic nitrogens is 2. The van der Waals surface area contributed by atoms with E-state index in [9.17, 15) is 0 Å². The van der Waals surface area contributed by atoms with Gasteiger partial charge in [0, 0.05) is 33.7 Å². The molecule has 0 saturated heterocycles. The lowest BCUT2D eigenvalue weighted by atomic mass is 10.0. The van der Waals surface area contributed by atoms with E-state index in [2.05, 4.69) is 124 Å². The van der Waals surface area contributed by atoms with E-state index in [4.69, 9.17) is 4.42 Å². The van der Waals surface area contributed by atoms with Crippen molar-refractivity contribution in [3.8, 4) is 5.69 Å². The van der Waals surface area contributed by atoms with Crippen molar-refractivity contribution in [2.45, 2.75) is 0 Å². The Balaban J connectivity index is 1.60. The summed E-state index contributed by atoms with van der Waals surface area (Å²) in [5.74, 6) is 0. The van der Waals surface area contributed by atoms with E-state index in [0.717, 1.165) is 55.7 Å².